The molecule has 0 saturated carbocycles. The van der Waals surface area contributed by atoms with E-state index < -0.39 is 13.0 Å². The van der Waals surface area contributed by atoms with Crippen LogP contribution >= 0.6 is 35.5 Å². The predicted octanol–water partition coefficient (Wildman–Crippen LogP) is 5.19. The summed E-state index contributed by atoms with van der Waals surface area (Å²) in [5.74, 6) is 0. The zero-order chi connectivity index (χ0) is 17.4. The maximum Gasteiger partial charge on any atom is 0.146 e. The van der Waals surface area contributed by atoms with E-state index in [0.717, 1.165) is 12.3 Å². The highest BCUT2D eigenvalue weighted by Crippen LogP contribution is 2.72. The number of benzene rings is 1. The molecule has 0 aromatic heterocycles. The van der Waals surface area contributed by atoms with Gasteiger partial charge in [0.05, 0.1) is 12.3 Å². The highest BCUT2D eigenvalue weighted by atomic mass is 35.7. The molecule has 0 aliphatic heterocycles. The van der Waals surface area contributed by atoms with Gasteiger partial charge in [0.15, 0.2) is 0 Å². The maximum atomic E-state index is 7.02. The van der Waals surface area contributed by atoms with Crippen LogP contribution in [0.15, 0.2) is 24.3 Å². The van der Waals surface area contributed by atoms with Crippen LogP contribution in [0, 0.1) is 0 Å². The van der Waals surface area contributed by atoms with E-state index in [4.69, 9.17) is 22.5 Å². The SMILES string of the molecule is [BH3-][P+](Cl)(Cc1cccc(C[P+]([BH3-])(Cl)C(C)(C)C)c1)C(C)(C)C. The Hall–Kier alpha value is 0.790. The summed E-state index contributed by atoms with van der Waals surface area (Å²) in [6, 6.07) is 9.14. The van der Waals surface area contributed by atoms with Crippen LogP contribution in [0.3, 0.4) is 0 Å². The van der Waals surface area contributed by atoms with Gasteiger partial charge in [0.2, 0.25) is 0 Å². The van der Waals surface area contributed by atoms with Gasteiger partial charge in [0.25, 0.3) is 0 Å². The second-order valence-electron chi connectivity index (χ2n) is 7.20. The van der Waals surface area contributed by atoms with Crippen LogP contribution in [0.5, 0.6) is 0 Å². The second kappa shape index (κ2) is 6.96. The summed E-state index contributed by atoms with van der Waals surface area (Å²) in [7, 11) is 0.330. The molecule has 0 amide bonds. The summed E-state index contributed by atoms with van der Waals surface area (Å²) in [6.07, 6.45) is 2.23. The third-order valence-electron chi connectivity index (χ3n) is 3.09. The van der Waals surface area contributed by atoms with Gasteiger partial charge in [-0.3, -0.25) is 0 Å². The van der Waals surface area contributed by atoms with Gasteiger partial charge in [-0.2, -0.15) is 0 Å². The fraction of sp³-hybridized carbons (Fsp3) is 0.625. The van der Waals surface area contributed by atoms with Gasteiger partial charge in [0, 0.05) is 32.8 Å². The van der Waals surface area contributed by atoms with Crippen molar-refractivity contribution in [1.82, 2.24) is 0 Å². The molecule has 0 radical (unpaired) electrons. The van der Waals surface area contributed by atoms with E-state index >= 15 is 0 Å². The third kappa shape index (κ3) is 5.41. The monoisotopic (exact) mass is 378 g/mol. The fourth-order valence-corrected chi connectivity index (χ4v) is 4.43. The first-order valence-corrected chi connectivity index (χ1v) is 11.8. The molecule has 0 bridgehead atoms. The van der Waals surface area contributed by atoms with Gasteiger partial charge < -0.3 is 0 Å². The minimum absolute atomic E-state index is 0.165. The molecule has 1 aromatic carbocycles. The quantitative estimate of drug-likeness (QED) is 0.499. The van der Waals surface area contributed by atoms with Crippen LogP contribution in [0.4, 0.5) is 0 Å². The fourth-order valence-electron chi connectivity index (χ4n) is 1.62. The lowest BCUT2D eigenvalue weighted by molar-refractivity contribution is 0.784. The minimum Gasteiger partial charge on any atom is -0.0614 e. The molecule has 0 spiro atoms. The van der Waals surface area contributed by atoms with Crippen molar-refractivity contribution in [3.05, 3.63) is 35.4 Å². The number of hydrogen-bond acceptors (Lipinski definition) is 0. The highest BCUT2D eigenvalue weighted by molar-refractivity contribution is 8.16. The van der Waals surface area contributed by atoms with Gasteiger partial charge in [0.1, 0.15) is 15.1 Å². The summed E-state index contributed by atoms with van der Waals surface area (Å²) in [6.45, 7) is 11.5. The van der Waals surface area contributed by atoms with Gasteiger partial charge in [-0.1, -0.05) is 18.2 Å². The van der Waals surface area contributed by atoms with Crippen molar-refractivity contribution in [2.24, 2.45) is 0 Å². The molecular weight excluding hydrogens is 347 g/mol. The van der Waals surface area contributed by atoms with Gasteiger partial charge in [-0.05, 0) is 71.7 Å². The average Bonchev–Trinajstić information content (AvgIpc) is 2.24. The molecule has 0 N–H and O–H groups in total. The lowest BCUT2D eigenvalue weighted by Crippen LogP contribution is -2.19. The van der Waals surface area contributed by atoms with Gasteiger partial charge in [-0.25, -0.2) is 0 Å². The summed E-state index contributed by atoms with van der Waals surface area (Å²) in [5, 5.41) is 0.588. The zero-order valence-electron chi connectivity index (χ0n) is 13.4. The maximum absolute atomic E-state index is 7.02. The Bertz CT molecular complexity index is 474. The van der Waals surface area contributed by atoms with Crippen molar-refractivity contribution >= 4 is 50.6 Å². The van der Waals surface area contributed by atoms with Crippen LogP contribution < -0.4 is 0 Å². The van der Waals surface area contributed by atoms with E-state index in [2.05, 4.69) is 65.8 Å². The van der Waals surface area contributed by atoms with Crippen molar-refractivity contribution in [3.8, 4) is 0 Å². The number of rotatable bonds is 4. The Balaban J connectivity index is 2.97. The lowest BCUT2D eigenvalue weighted by Gasteiger charge is -2.36. The molecule has 2 atom stereocenters. The summed E-state index contributed by atoms with van der Waals surface area (Å²) in [4.78, 5) is 0. The first kappa shape index (κ1) is 20.8. The molecule has 0 saturated heterocycles. The molecule has 0 aliphatic rings. The molecule has 6 heteroatoms. The molecule has 22 heavy (non-hydrogen) atoms. The lowest BCUT2D eigenvalue weighted by atomic mass is 10.2. The van der Waals surface area contributed by atoms with Crippen molar-refractivity contribution < 1.29 is 0 Å². The van der Waals surface area contributed by atoms with E-state index in [1.165, 1.54) is 11.1 Å². The van der Waals surface area contributed by atoms with Crippen molar-refractivity contribution in [2.75, 3.05) is 0 Å². The first-order valence-electron chi connectivity index (χ1n) is 6.95. The molecule has 0 heterocycles. The van der Waals surface area contributed by atoms with Crippen LogP contribution in [0.2, 0.25) is 0 Å². The molecule has 1 rings (SSSR count). The van der Waals surface area contributed by atoms with Crippen molar-refractivity contribution in [3.63, 3.8) is 0 Å². The predicted molar refractivity (Wildman–Crippen MR) is 119 cm³/mol. The Morgan fingerprint density at radius 2 is 1.14 bits per heavy atom. The smallest absolute Gasteiger partial charge is 0.0614 e. The van der Waals surface area contributed by atoms with Crippen LogP contribution in [0.25, 0.3) is 0 Å². The van der Waals surface area contributed by atoms with Gasteiger partial charge in [-0.15, -0.1) is 0 Å². The Morgan fingerprint density at radius 3 is 1.41 bits per heavy atom. The van der Waals surface area contributed by atoms with Crippen molar-refractivity contribution in [1.29, 1.82) is 0 Å². The summed E-state index contributed by atoms with van der Waals surface area (Å²) >= 11 is 14.0. The molecule has 2 unspecified atom stereocenters. The topological polar surface area (TPSA) is 0 Å². The highest BCUT2D eigenvalue weighted by Gasteiger charge is 2.38. The van der Waals surface area contributed by atoms with Crippen LogP contribution in [-0.4, -0.2) is 25.4 Å². The van der Waals surface area contributed by atoms with Crippen LogP contribution in [0.1, 0.15) is 52.7 Å². The molecule has 0 aliphatic carbocycles. The van der Waals surface area contributed by atoms with E-state index in [0.29, 0.717) is 10.3 Å². The second-order valence-corrected chi connectivity index (χ2v) is 14.4. The molecule has 0 nitrogen and oxygen atoms in total. The van der Waals surface area contributed by atoms with E-state index in [1.54, 1.807) is 0 Å². The van der Waals surface area contributed by atoms with Crippen molar-refractivity contribution in [2.45, 2.75) is 64.2 Å². The Morgan fingerprint density at radius 1 is 0.818 bits per heavy atom. The number of hydrogen-bond donors (Lipinski definition) is 0. The molecule has 0 fully saturated rings. The zero-order valence-corrected chi connectivity index (χ0v) is 16.7. The molecule has 1 aromatic rings. The largest absolute Gasteiger partial charge is 0.146 e. The van der Waals surface area contributed by atoms with Crippen LogP contribution in [-0.2, 0) is 12.3 Å². The van der Waals surface area contributed by atoms with E-state index in [1.807, 2.05) is 0 Å². The van der Waals surface area contributed by atoms with E-state index in [9.17, 15) is 0 Å². The van der Waals surface area contributed by atoms with E-state index in [-0.39, 0.29) is 15.1 Å². The minimum atomic E-state index is -1.24. The Kier molecular flexibility index (Phi) is 6.59. The summed E-state index contributed by atoms with van der Waals surface area (Å²) < 4.78 is 0. The Labute approximate surface area is 150 Å². The molecular formula is C16H32B2Cl2P2. The first-order chi connectivity index (χ1) is 9.66. The number of halogens is 2. The third-order valence-corrected chi connectivity index (χ3v) is 11.0. The summed E-state index contributed by atoms with van der Waals surface area (Å²) in [5.41, 5.74) is 2.88. The standard InChI is InChI=1S/C16H32B2Cl2P2/c1-15(2,3)21(17,19)11-13-8-7-9-14(10-13)12-22(18,20)16(4,5)6/h7-10H,11-12H2,1-6,17-18H3. The molecule has 126 valence electrons. The normalized spacial score (nSPS) is 18.6. The average molecular weight is 379 g/mol. The van der Waals surface area contributed by atoms with Gasteiger partial charge >= 0.3 is 0 Å².